The van der Waals surface area contributed by atoms with E-state index < -0.39 is 0 Å². The Labute approximate surface area is 56.6 Å². The van der Waals surface area contributed by atoms with E-state index in [4.69, 9.17) is 0 Å². The van der Waals surface area contributed by atoms with Gasteiger partial charge in [0.2, 0.25) is 0 Å². The molecule has 48 valence electrons. The lowest BCUT2D eigenvalue weighted by molar-refractivity contribution is 0.571. The summed E-state index contributed by atoms with van der Waals surface area (Å²) in [4.78, 5) is 0. The van der Waals surface area contributed by atoms with Gasteiger partial charge < -0.3 is 0 Å². The summed E-state index contributed by atoms with van der Waals surface area (Å²) >= 11 is 0. The van der Waals surface area contributed by atoms with E-state index in [0.717, 1.165) is 6.42 Å². The summed E-state index contributed by atoms with van der Waals surface area (Å²) in [5, 5.41) is 0. The summed E-state index contributed by atoms with van der Waals surface area (Å²) in [6.45, 7) is 5.90. The zero-order valence-electron chi connectivity index (χ0n) is 5.80. The molecule has 0 unspecified atom stereocenters. The fourth-order valence-corrected chi connectivity index (χ4v) is 1.05. The molecule has 0 radical (unpaired) electrons. The van der Waals surface area contributed by atoms with Gasteiger partial charge in [0.1, 0.15) is 0 Å². The molecule has 0 saturated heterocycles. The second-order valence-corrected chi connectivity index (χ2v) is 2.72. The fraction of sp³-hybridized carbons (Fsp3) is 0.333. The Kier molecular flexibility index (Phi) is 1.56. The standard InChI is InChI=1S/C9H12/c1-3-6-9(2)7-4-5-8-9/h3-5,7-8H,1,6H2,2H3. The highest BCUT2D eigenvalue weighted by molar-refractivity contribution is 5.24. The first-order chi connectivity index (χ1) is 4.27. The summed E-state index contributed by atoms with van der Waals surface area (Å²) in [5.41, 5.74) is 0.266. The van der Waals surface area contributed by atoms with Crippen LogP contribution in [-0.2, 0) is 0 Å². The van der Waals surface area contributed by atoms with Crippen molar-refractivity contribution < 1.29 is 0 Å². The molecule has 1 rings (SSSR count). The first-order valence-electron chi connectivity index (χ1n) is 3.25. The van der Waals surface area contributed by atoms with Gasteiger partial charge in [0.15, 0.2) is 0 Å². The van der Waals surface area contributed by atoms with Gasteiger partial charge in [-0.1, -0.05) is 37.3 Å². The van der Waals surface area contributed by atoms with Crippen molar-refractivity contribution in [3.8, 4) is 0 Å². The first kappa shape index (κ1) is 6.34. The van der Waals surface area contributed by atoms with Crippen LogP contribution in [0.15, 0.2) is 37.0 Å². The van der Waals surface area contributed by atoms with Gasteiger partial charge in [-0.05, 0) is 6.42 Å². The van der Waals surface area contributed by atoms with Gasteiger partial charge in [0.25, 0.3) is 0 Å². The Morgan fingerprint density at radius 3 is 2.44 bits per heavy atom. The Hall–Kier alpha value is -0.780. The lowest BCUT2D eigenvalue weighted by Gasteiger charge is -2.15. The molecule has 0 saturated carbocycles. The van der Waals surface area contributed by atoms with E-state index in [-0.39, 0.29) is 5.41 Å². The van der Waals surface area contributed by atoms with Crippen LogP contribution in [0.1, 0.15) is 13.3 Å². The van der Waals surface area contributed by atoms with Crippen LogP contribution in [0, 0.1) is 5.41 Å². The van der Waals surface area contributed by atoms with Crippen LogP contribution in [0.3, 0.4) is 0 Å². The summed E-state index contributed by atoms with van der Waals surface area (Å²) in [6, 6.07) is 0. The van der Waals surface area contributed by atoms with E-state index in [0.29, 0.717) is 0 Å². The molecule has 1 aliphatic rings. The first-order valence-corrected chi connectivity index (χ1v) is 3.25. The lowest BCUT2D eigenvalue weighted by atomic mass is 9.89. The lowest BCUT2D eigenvalue weighted by Crippen LogP contribution is -2.04. The van der Waals surface area contributed by atoms with Gasteiger partial charge >= 0.3 is 0 Å². The average Bonchev–Trinajstić information content (AvgIpc) is 2.16. The predicted molar refractivity (Wildman–Crippen MR) is 41.2 cm³/mol. The normalized spacial score (nSPS) is 20.6. The molecule has 0 fully saturated rings. The minimum atomic E-state index is 0.266. The van der Waals surface area contributed by atoms with E-state index in [1.807, 2.05) is 6.08 Å². The topological polar surface area (TPSA) is 0 Å². The van der Waals surface area contributed by atoms with E-state index in [1.165, 1.54) is 0 Å². The van der Waals surface area contributed by atoms with Crippen molar-refractivity contribution >= 4 is 0 Å². The predicted octanol–water partition coefficient (Wildman–Crippen LogP) is 2.69. The average molecular weight is 120 g/mol. The van der Waals surface area contributed by atoms with Crippen molar-refractivity contribution in [2.24, 2.45) is 5.41 Å². The molecule has 0 aromatic heterocycles. The Bertz CT molecular complexity index is 149. The maximum atomic E-state index is 3.70. The van der Waals surface area contributed by atoms with Crippen molar-refractivity contribution in [2.45, 2.75) is 13.3 Å². The second kappa shape index (κ2) is 2.22. The van der Waals surface area contributed by atoms with Crippen molar-refractivity contribution in [3.05, 3.63) is 37.0 Å². The molecule has 0 aromatic rings. The molecule has 0 heteroatoms. The van der Waals surface area contributed by atoms with E-state index >= 15 is 0 Å². The smallest absolute Gasteiger partial charge is 0.00732 e. The van der Waals surface area contributed by atoms with Gasteiger partial charge in [-0.15, -0.1) is 6.58 Å². The second-order valence-electron chi connectivity index (χ2n) is 2.72. The Morgan fingerprint density at radius 1 is 1.44 bits per heavy atom. The molecule has 0 heterocycles. The quantitative estimate of drug-likeness (QED) is 0.491. The van der Waals surface area contributed by atoms with Crippen molar-refractivity contribution in [1.29, 1.82) is 0 Å². The third-order valence-corrected chi connectivity index (χ3v) is 1.65. The molecule has 0 N–H and O–H groups in total. The van der Waals surface area contributed by atoms with Crippen LogP contribution in [0.4, 0.5) is 0 Å². The summed E-state index contributed by atoms with van der Waals surface area (Å²) in [5.74, 6) is 0. The van der Waals surface area contributed by atoms with Gasteiger partial charge in [-0.2, -0.15) is 0 Å². The zero-order valence-corrected chi connectivity index (χ0v) is 5.80. The van der Waals surface area contributed by atoms with Crippen molar-refractivity contribution in [2.75, 3.05) is 0 Å². The molecule has 0 aromatic carbocycles. The van der Waals surface area contributed by atoms with Crippen LogP contribution < -0.4 is 0 Å². The number of allylic oxidation sites excluding steroid dienone is 5. The van der Waals surface area contributed by atoms with Gasteiger partial charge in [0.05, 0.1) is 0 Å². The summed E-state index contributed by atoms with van der Waals surface area (Å²) in [7, 11) is 0. The SMILES string of the molecule is C=CCC1(C)C=CC=C1. The van der Waals surface area contributed by atoms with Crippen molar-refractivity contribution in [1.82, 2.24) is 0 Å². The maximum Gasteiger partial charge on any atom is 0.00732 e. The van der Waals surface area contributed by atoms with Gasteiger partial charge in [-0.3, -0.25) is 0 Å². The molecule has 0 bridgehead atoms. The highest BCUT2D eigenvalue weighted by Gasteiger charge is 2.16. The van der Waals surface area contributed by atoms with Crippen LogP contribution in [0.5, 0.6) is 0 Å². The van der Waals surface area contributed by atoms with Crippen LogP contribution in [-0.4, -0.2) is 0 Å². The molecule has 1 aliphatic carbocycles. The third-order valence-electron chi connectivity index (χ3n) is 1.65. The monoisotopic (exact) mass is 120 g/mol. The molecule has 9 heavy (non-hydrogen) atoms. The zero-order chi connectivity index (χ0) is 6.74. The van der Waals surface area contributed by atoms with E-state index in [2.05, 4.69) is 37.8 Å². The van der Waals surface area contributed by atoms with Gasteiger partial charge in [0, 0.05) is 5.41 Å². The Morgan fingerprint density at radius 2 is 2.00 bits per heavy atom. The molecule has 0 aliphatic heterocycles. The number of rotatable bonds is 2. The maximum absolute atomic E-state index is 3.70. The van der Waals surface area contributed by atoms with Crippen LogP contribution >= 0.6 is 0 Å². The highest BCUT2D eigenvalue weighted by Crippen LogP contribution is 2.28. The third kappa shape index (κ3) is 1.32. The van der Waals surface area contributed by atoms with Gasteiger partial charge in [-0.25, -0.2) is 0 Å². The number of hydrogen-bond donors (Lipinski definition) is 0. The molecule has 0 atom stereocenters. The molecular weight excluding hydrogens is 108 g/mol. The highest BCUT2D eigenvalue weighted by atomic mass is 14.2. The van der Waals surface area contributed by atoms with Crippen LogP contribution in [0.2, 0.25) is 0 Å². The van der Waals surface area contributed by atoms with E-state index in [1.54, 1.807) is 0 Å². The largest absolute Gasteiger partial charge is 0.103 e. The minimum absolute atomic E-state index is 0.266. The summed E-state index contributed by atoms with van der Waals surface area (Å²) < 4.78 is 0. The van der Waals surface area contributed by atoms with E-state index in [9.17, 15) is 0 Å². The molecule has 0 nitrogen and oxygen atoms in total. The number of hydrogen-bond acceptors (Lipinski definition) is 0. The summed E-state index contributed by atoms with van der Waals surface area (Å²) in [6.07, 6.45) is 11.6. The van der Waals surface area contributed by atoms with Crippen LogP contribution in [0.25, 0.3) is 0 Å². The molecular formula is C9H12. The minimum Gasteiger partial charge on any atom is -0.103 e. The van der Waals surface area contributed by atoms with Crippen molar-refractivity contribution in [3.63, 3.8) is 0 Å². The molecule has 0 spiro atoms. The molecule has 0 amide bonds. The fourth-order valence-electron chi connectivity index (χ4n) is 1.05. The Balaban J connectivity index is 2.63.